The molecule has 0 atom stereocenters. The Kier molecular flexibility index (Phi) is 6.37. The van der Waals surface area contributed by atoms with E-state index in [9.17, 15) is 18.4 Å². The van der Waals surface area contributed by atoms with E-state index < -0.39 is 34.6 Å². The van der Waals surface area contributed by atoms with E-state index in [1.807, 2.05) is 0 Å². The van der Waals surface area contributed by atoms with E-state index in [1.54, 1.807) is 62.4 Å². The molecule has 0 heterocycles. The smallest absolute Gasteiger partial charge is 0.261 e. The van der Waals surface area contributed by atoms with Crippen LogP contribution in [0.2, 0.25) is 0 Å². The summed E-state index contributed by atoms with van der Waals surface area (Å²) >= 11 is 0. The van der Waals surface area contributed by atoms with Crippen LogP contribution in [0.15, 0.2) is 72.3 Å². The maximum Gasteiger partial charge on any atom is 0.261 e. The van der Waals surface area contributed by atoms with Crippen LogP contribution in [0.25, 0.3) is 6.08 Å². The molecule has 0 saturated carbocycles. The van der Waals surface area contributed by atoms with Crippen LogP contribution in [0.5, 0.6) is 0 Å². The second-order valence-electron chi connectivity index (χ2n) is 6.73. The minimum absolute atomic E-state index is 0.425. The van der Waals surface area contributed by atoms with Gasteiger partial charge in [0.1, 0.15) is 17.2 Å². The Morgan fingerprint density at radius 1 is 0.700 bits per heavy atom. The number of aryl methyl sites for hydroxylation is 2. The molecule has 3 rings (SSSR count). The fourth-order valence-corrected chi connectivity index (χ4v) is 2.83. The van der Waals surface area contributed by atoms with Crippen molar-refractivity contribution in [3.05, 3.63) is 101 Å². The zero-order valence-electron chi connectivity index (χ0n) is 16.5. The van der Waals surface area contributed by atoms with Gasteiger partial charge in [0.05, 0.1) is 0 Å². The van der Waals surface area contributed by atoms with Crippen molar-refractivity contribution >= 4 is 29.3 Å². The molecule has 0 fully saturated rings. The van der Waals surface area contributed by atoms with Gasteiger partial charge in [-0.2, -0.15) is 0 Å². The Morgan fingerprint density at radius 3 is 1.57 bits per heavy atom. The lowest BCUT2D eigenvalue weighted by molar-refractivity contribution is -0.118. The largest absolute Gasteiger partial charge is 0.322 e. The molecule has 0 radical (unpaired) electrons. The standard InChI is InChI=1S/C24H20F2N2O2/c1-15-8-3-5-12-21(15)27-23(29)18(14-17-19(25)10-7-11-20(17)26)24(30)28-22-13-6-4-9-16(22)2/h3-14H,1-2H3,(H,27,29)(H,28,30). The summed E-state index contributed by atoms with van der Waals surface area (Å²) in [5.74, 6) is -3.31. The second-order valence-corrected chi connectivity index (χ2v) is 6.73. The quantitative estimate of drug-likeness (QED) is 0.346. The lowest BCUT2D eigenvalue weighted by atomic mass is 10.1. The van der Waals surface area contributed by atoms with Gasteiger partial charge in [-0.3, -0.25) is 9.59 Å². The molecular formula is C24H20F2N2O2. The number of carbonyl (C=O) groups excluding carboxylic acids is 2. The van der Waals surface area contributed by atoms with Crippen LogP contribution in [-0.4, -0.2) is 11.8 Å². The van der Waals surface area contributed by atoms with Gasteiger partial charge in [0.15, 0.2) is 0 Å². The molecule has 2 amide bonds. The number of amides is 2. The molecule has 0 aromatic heterocycles. The molecule has 3 aromatic rings. The summed E-state index contributed by atoms with van der Waals surface area (Å²) in [6.07, 6.45) is 0.922. The summed E-state index contributed by atoms with van der Waals surface area (Å²) in [5, 5.41) is 5.28. The first-order chi connectivity index (χ1) is 14.4. The number of rotatable bonds is 5. The van der Waals surface area contributed by atoms with E-state index >= 15 is 0 Å². The molecule has 4 nitrogen and oxygen atoms in total. The minimum atomic E-state index is -0.875. The Bertz CT molecular complexity index is 1060. The van der Waals surface area contributed by atoms with Crippen molar-refractivity contribution in [2.24, 2.45) is 0 Å². The first-order valence-corrected chi connectivity index (χ1v) is 9.26. The van der Waals surface area contributed by atoms with Gasteiger partial charge >= 0.3 is 0 Å². The highest BCUT2D eigenvalue weighted by molar-refractivity contribution is 6.29. The van der Waals surface area contributed by atoms with Crippen LogP contribution in [0.3, 0.4) is 0 Å². The molecular weight excluding hydrogens is 386 g/mol. The van der Waals surface area contributed by atoms with Crippen molar-refractivity contribution < 1.29 is 18.4 Å². The summed E-state index contributed by atoms with van der Waals surface area (Å²) in [6, 6.07) is 17.3. The van der Waals surface area contributed by atoms with Gasteiger partial charge in [0.2, 0.25) is 0 Å². The highest BCUT2D eigenvalue weighted by Gasteiger charge is 2.21. The average Bonchev–Trinajstić information content (AvgIpc) is 2.71. The molecule has 0 aliphatic heterocycles. The fraction of sp³-hybridized carbons (Fsp3) is 0.0833. The van der Waals surface area contributed by atoms with Gasteiger partial charge in [0, 0.05) is 16.9 Å². The predicted octanol–water partition coefficient (Wildman–Crippen LogP) is 5.24. The zero-order valence-corrected chi connectivity index (χ0v) is 16.5. The van der Waals surface area contributed by atoms with E-state index in [4.69, 9.17) is 0 Å². The number of anilines is 2. The van der Waals surface area contributed by atoms with Crippen LogP contribution < -0.4 is 10.6 Å². The first-order valence-electron chi connectivity index (χ1n) is 9.26. The Morgan fingerprint density at radius 2 is 1.13 bits per heavy atom. The Balaban J connectivity index is 2.01. The van der Waals surface area contributed by atoms with E-state index in [0.717, 1.165) is 29.3 Å². The van der Waals surface area contributed by atoms with Gasteiger partial charge < -0.3 is 10.6 Å². The van der Waals surface area contributed by atoms with Crippen molar-refractivity contribution in [3.63, 3.8) is 0 Å². The molecule has 0 aliphatic rings. The number of nitrogens with one attached hydrogen (secondary N) is 2. The molecule has 0 saturated heterocycles. The monoisotopic (exact) mass is 406 g/mol. The second kappa shape index (κ2) is 9.13. The summed E-state index contributed by atoms with van der Waals surface area (Å²) in [6.45, 7) is 3.59. The number of carbonyl (C=O) groups is 2. The van der Waals surface area contributed by atoms with Crippen molar-refractivity contribution in [2.75, 3.05) is 10.6 Å². The molecule has 3 aromatic carbocycles. The Hall–Kier alpha value is -3.80. The highest BCUT2D eigenvalue weighted by Crippen LogP contribution is 2.21. The molecule has 6 heteroatoms. The summed E-state index contributed by atoms with van der Waals surface area (Å²) in [5.41, 5.74) is 1.65. The zero-order chi connectivity index (χ0) is 21.7. The number of hydrogen-bond acceptors (Lipinski definition) is 2. The van der Waals surface area contributed by atoms with Crippen LogP contribution in [-0.2, 0) is 9.59 Å². The molecule has 0 unspecified atom stereocenters. The third-order valence-corrected chi connectivity index (χ3v) is 4.56. The van der Waals surface area contributed by atoms with E-state index in [2.05, 4.69) is 10.6 Å². The van der Waals surface area contributed by atoms with E-state index in [1.165, 1.54) is 6.07 Å². The van der Waals surface area contributed by atoms with Gasteiger partial charge in [-0.1, -0.05) is 42.5 Å². The normalized spacial score (nSPS) is 10.3. The lowest BCUT2D eigenvalue weighted by Crippen LogP contribution is -2.26. The minimum Gasteiger partial charge on any atom is -0.322 e. The average molecular weight is 406 g/mol. The number of halogens is 2. The number of benzene rings is 3. The maximum absolute atomic E-state index is 14.2. The van der Waals surface area contributed by atoms with Crippen molar-refractivity contribution in [2.45, 2.75) is 13.8 Å². The fourth-order valence-electron chi connectivity index (χ4n) is 2.83. The summed E-state index contributed by atoms with van der Waals surface area (Å²) < 4.78 is 28.3. The Labute approximate surface area is 173 Å². The summed E-state index contributed by atoms with van der Waals surface area (Å²) in [7, 11) is 0. The molecule has 152 valence electrons. The van der Waals surface area contributed by atoms with Gasteiger partial charge in [0.25, 0.3) is 11.8 Å². The van der Waals surface area contributed by atoms with E-state index in [-0.39, 0.29) is 0 Å². The third kappa shape index (κ3) is 4.78. The van der Waals surface area contributed by atoms with Gasteiger partial charge in [-0.25, -0.2) is 8.78 Å². The predicted molar refractivity (Wildman–Crippen MR) is 114 cm³/mol. The van der Waals surface area contributed by atoms with Gasteiger partial charge in [-0.05, 0) is 55.3 Å². The van der Waals surface area contributed by atoms with Crippen molar-refractivity contribution in [1.29, 1.82) is 0 Å². The first kappa shape index (κ1) is 20.9. The molecule has 30 heavy (non-hydrogen) atoms. The summed E-state index contributed by atoms with van der Waals surface area (Å²) in [4.78, 5) is 25.8. The van der Waals surface area contributed by atoms with Crippen molar-refractivity contribution in [3.8, 4) is 0 Å². The van der Waals surface area contributed by atoms with Crippen LogP contribution in [0.4, 0.5) is 20.2 Å². The topological polar surface area (TPSA) is 58.2 Å². The number of hydrogen-bond donors (Lipinski definition) is 2. The number of para-hydroxylation sites is 2. The van der Waals surface area contributed by atoms with Crippen LogP contribution in [0, 0.1) is 25.5 Å². The van der Waals surface area contributed by atoms with Crippen molar-refractivity contribution in [1.82, 2.24) is 0 Å². The molecule has 0 aliphatic carbocycles. The van der Waals surface area contributed by atoms with Crippen LogP contribution in [0.1, 0.15) is 16.7 Å². The lowest BCUT2D eigenvalue weighted by Gasteiger charge is -2.13. The van der Waals surface area contributed by atoms with Gasteiger partial charge in [-0.15, -0.1) is 0 Å². The van der Waals surface area contributed by atoms with E-state index in [0.29, 0.717) is 11.4 Å². The SMILES string of the molecule is Cc1ccccc1NC(=O)C(=Cc1c(F)cccc1F)C(=O)Nc1ccccc1C. The van der Waals surface area contributed by atoms with Crippen LogP contribution >= 0.6 is 0 Å². The maximum atomic E-state index is 14.2. The third-order valence-electron chi connectivity index (χ3n) is 4.56. The molecule has 2 N–H and O–H groups in total. The highest BCUT2D eigenvalue weighted by atomic mass is 19.1. The molecule has 0 spiro atoms. The molecule has 0 bridgehead atoms.